The summed E-state index contributed by atoms with van der Waals surface area (Å²) in [6.07, 6.45) is -3.59. The van der Waals surface area contributed by atoms with Crippen LogP contribution in [0.25, 0.3) is 0 Å². The van der Waals surface area contributed by atoms with E-state index in [1.807, 2.05) is 19.2 Å². The van der Waals surface area contributed by atoms with Crippen molar-refractivity contribution in [1.82, 2.24) is 20.9 Å². The van der Waals surface area contributed by atoms with Crippen LogP contribution in [0.4, 0.5) is 18.0 Å². The lowest BCUT2D eigenvalue weighted by molar-refractivity contribution is -0.170. The molecule has 3 aliphatic rings. The van der Waals surface area contributed by atoms with E-state index >= 15 is 0 Å². The van der Waals surface area contributed by atoms with Crippen molar-refractivity contribution < 1.29 is 46.7 Å². The van der Waals surface area contributed by atoms with Crippen LogP contribution in [0.1, 0.15) is 87.5 Å². The third-order valence-electron chi connectivity index (χ3n) is 9.25. The fourth-order valence-corrected chi connectivity index (χ4v) is 6.48. The Hall–Kier alpha value is -3.39. The van der Waals surface area contributed by atoms with Crippen LogP contribution in [0.3, 0.4) is 0 Å². The number of nitrogens with zero attached hydrogens (tertiary/aromatic N) is 1. The zero-order valence-electron chi connectivity index (χ0n) is 27.8. The number of piperidine rings is 1. The first-order valence-electron chi connectivity index (χ1n) is 15.6. The lowest BCUT2D eigenvalue weighted by Gasteiger charge is -2.38. The number of nitrogens with two attached hydrogens (primary N) is 1. The molecule has 12 nitrogen and oxygen atoms in total. The number of ether oxygens (including phenoxy) is 1. The summed E-state index contributed by atoms with van der Waals surface area (Å²) in [7, 11) is 0. The van der Waals surface area contributed by atoms with Crippen molar-refractivity contribution in [1.29, 1.82) is 0 Å². The maximum absolute atomic E-state index is 14.1. The van der Waals surface area contributed by atoms with E-state index < -0.39 is 83.3 Å². The maximum atomic E-state index is 14.1. The van der Waals surface area contributed by atoms with Crippen LogP contribution < -0.4 is 21.7 Å². The number of hydrogen-bond acceptors (Lipinski definition) is 7. The number of fused-ring (bicyclic) bond motifs is 1. The minimum absolute atomic E-state index is 0.0677. The Morgan fingerprint density at radius 3 is 1.98 bits per heavy atom. The molecular formula is C31H48F3N5O7. The molecule has 5 amide bonds. The molecule has 0 aromatic carbocycles. The molecule has 1 aliphatic heterocycles. The summed E-state index contributed by atoms with van der Waals surface area (Å²) in [6, 6.07) is -6.79. The molecule has 0 aromatic heterocycles. The monoisotopic (exact) mass is 659 g/mol. The second-order valence-electron chi connectivity index (χ2n) is 15.5. The van der Waals surface area contributed by atoms with Crippen molar-refractivity contribution in [2.45, 2.75) is 123 Å². The molecule has 2 aliphatic carbocycles. The molecule has 0 spiro atoms. The molecular weight excluding hydrogens is 611 g/mol. The van der Waals surface area contributed by atoms with E-state index in [0.29, 0.717) is 0 Å². The van der Waals surface area contributed by atoms with Crippen molar-refractivity contribution in [3.8, 4) is 0 Å². The Morgan fingerprint density at radius 2 is 1.52 bits per heavy atom. The predicted molar refractivity (Wildman–Crippen MR) is 160 cm³/mol. The number of nitrogens with one attached hydrogen (secondary N) is 3. The van der Waals surface area contributed by atoms with Gasteiger partial charge in [-0.1, -0.05) is 53.9 Å². The molecule has 15 heteroatoms. The van der Waals surface area contributed by atoms with Crippen molar-refractivity contribution in [3.05, 3.63) is 0 Å². The molecule has 3 rings (SSSR count). The van der Waals surface area contributed by atoms with Crippen LogP contribution in [-0.2, 0) is 28.7 Å². The van der Waals surface area contributed by atoms with Crippen LogP contribution in [-0.4, -0.2) is 82.9 Å². The number of rotatable bonds is 11. The standard InChI is InChI=1S/C31H48F3N5O7/c1-28(2,3)22(38-27(45)37-18(13-31(32,33)34)26(44)46-29(4,5)6)25(43)39-14-16-19(30(16,7)8)20(39)24(42)36-17(21(40)23(35)41)12-15-10-9-11-15/h15-20,22H,9-14H2,1-8H3,(H2,35,41)(H,36,42)(H2,37,38,45)/t16-,17?,18?,19-,20-,22+/m0/s1. The minimum Gasteiger partial charge on any atom is -0.458 e. The highest BCUT2D eigenvalue weighted by Crippen LogP contribution is 2.65. The summed E-state index contributed by atoms with van der Waals surface area (Å²) in [4.78, 5) is 79.3. The zero-order valence-corrected chi connectivity index (χ0v) is 27.8. The van der Waals surface area contributed by atoms with Crippen molar-refractivity contribution in [2.75, 3.05) is 6.54 Å². The fraction of sp³-hybridized carbons (Fsp3) is 0.806. The molecule has 0 radical (unpaired) electrons. The average Bonchev–Trinajstić information content (AvgIpc) is 3.17. The largest absolute Gasteiger partial charge is 0.458 e. The Labute approximate surface area is 267 Å². The van der Waals surface area contributed by atoms with Gasteiger partial charge in [0.1, 0.15) is 23.7 Å². The second-order valence-corrected chi connectivity index (χ2v) is 15.5. The third-order valence-corrected chi connectivity index (χ3v) is 9.25. The number of hydrogen-bond donors (Lipinski definition) is 4. The average molecular weight is 660 g/mol. The van der Waals surface area contributed by atoms with Crippen molar-refractivity contribution in [2.24, 2.45) is 34.3 Å². The molecule has 1 heterocycles. The Balaban J connectivity index is 1.83. The number of ketones is 1. The van der Waals surface area contributed by atoms with Crippen LogP contribution >= 0.6 is 0 Å². The smallest absolute Gasteiger partial charge is 0.391 e. The number of esters is 1. The quantitative estimate of drug-likeness (QED) is 0.195. The van der Waals surface area contributed by atoms with Gasteiger partial charge >= 0.3 is 18.2 Å². The highest BCUT2D eigenvalue weighted by atomic mass is 19.4. The first-order valence-corrected chi connectivity index (χ1v) is 15.6. The van der Waals surface area contributed by atoms with Gasteiger partial charge in [0.2, 0.25) is 17.6 Å². The summed E-state index contributed by atoms with van der Waals surface area (Å²) < 4.78 is 45.0. The lowest BCUT2D eigenvalue weighted by atomic mass is 9.80. The van der Waals surface area contributed by atoms with Gasteiger partial charge in [0.05, 0.1) is 12.5 Å². The van der Waals surface area contributed by atoms with Crippen molar-refractivity contribution >= 4 is 35.5 Å². The van der Waals surface area contributed by atoms with Gasteiger partial charge in [0.25, 0.3) is 5.91 Å². The number of halogens is 3. The topological polar surface area (TPSA) is 177 Å². The van der Waals surface area contributed by atoms with Gasteiger partial charge in [-0.3, -0.25) is 19.2 Å². The van der Waals surface area contributed by atoms with Gasteiger partial charge < -0.3 is 31.3 Å². The fourth-order valence-electron chi connectivity index (χ4n) is 6.48. The summed E-state index contributed by atoms with van der Waals surface area (Å²) in [5.41, 5.74) is 2.84. The molecule has 3 fully saturated rings. The molecule has 5 N–H and O–H groups in total. The van der Waals surface area contributed by atoms with Crippen molar-refractivity contribution in [3.63, 3.8) is 0 Å². The maximum Gasteiger partial charge on any atom is 0.391 e. The summed E-state index contributed by atoms with van der Waals surface area (Å²) >= 11 is 0. The number of primary amides is 1. The van der Waals surface area contributed by atoms with Crippen LogP contribution in [0.15, 0.2) is 0 Å². The molecule has 46 heavy (non-hydrogen) atoms. The number of alkyl halides is 3. The summed E-state index contributed by atoms with van der Waals surface area (Å²) in [5.74, 6) is -4.87. The lowest BCUT2D eigenvalue weighted by Crippen LogP contribution is -2.62. The van der Waals surface area contributed by atoms with Gasteiger partial charge in [-0.05, 0) is 55.8 Å². The van der Waals surface area contributed by atoms with Crippen LogP contribution in [0, 0.1) is 28.6 Å². The van der Waals surface area contributed by atoms with E-state index in [4.69, 9.17) is 10.5 Å². The number of urea groups is 1. The SMILES string of the molecule is CC(C)(C)OC(=O)C(CC(F)(F)F)NC(=O)N[C@H](C(=O)N1C[C@H]2[C@@H]([C@H]1C(=O)NC(CC1CCC1)C(=O)C(N)=O)C2(C)C)C(C)(C)C. The minimum atomic E-state index is -4.82. The third kappa shape index (κ3) is 8.90. The molecule has 2 saturated carbocycles. The van der Waals surface area contributed by atoms with E-state index in [0.717, 1.165) is 19.3 Å². The molecule has 260 valence electrons. The number of carbonyl (C=O) groups excluding carboxylic acids is 6. The van der Waals surface area contributed by atoms with E-state index in [1.165, 1.54) is 25.7 Å². The number of amides is 5. The van der Waals surface area contributed by atoms with Gasteiger partial charge in [0, 0.05) is 6.54 Å². The van der Waals surface area contributed by atoms with Gasteiger partial charge in [-0.15, -0.1) is 0 Å². The molecule has 0 bridgehead atoms. The summed E-state index contributed by atoms with van der Waals surface area (Å²) in [5, 5.41) is 7.12. The highest BCUT2D eigenvalue weighted by molar-refractivity contribution is 6.37. The van der Waals surface area contributed by atoms with Crippen LogP contribution in [0.2, 0.25) is 0 Å². The Morgan fingerprint density at radius 1 is 0.935 bits per heavy atom. The van der Waals surface area contributed by atoms with E-state index in [9.17, 15) is 41.9 Å². The molecule has 0 aromatic rings. The normalized spacial score (nSPS) is 24.4. The van der Waals surface area contributed by atoms with Crippen LogP contribution in [0.5, 0.6) is 0 Å². The van der Waals surface area contributed by atoms with Gasteiger partial charge in [0.15, 0.2) is 0 Å². The van der Waals surface area contributed by atoms with E-state index in [2.05, 4.69) is 10.6 Å². The van der Waals surface area contributed by atoms with Gasteiger partial charge in [-0.25, -0.2) is 9.59 Å². The first kappa shape index (κ1) is 37.1. The van der Waals surface area contributed by atoms with E-state index in [-0.39, 0.29) is 36.1 Å². The number of carbonyl (C=O) groups is 6. The zero-order chi connectivity index (χ0) is 35.2. The Bertz CT molecular complexity index is 1240. The second kappa shape index (κ2) is 13.0. The first-order chi connectivity index (χ1) is 20.8. The molecule has 2 unspecified atom stereocenters. The predicted octanol–water partition coefficient (Wildman–Crippen LogP) is 2.58. The highest BCUT2D eigenvalue weighted by Gasteiger charge is 2.70. The molecule has 1 saturated heterocycles. The number of likely N-dealkylation sites (tertiary alicyclic amines) is 1. The summed E-state index contributed by atoms with van der Waals surface area (Å²) in [6.45, 7) is 13.4. The van der Waals surface area contributed by atoms with E-state index in [1.54, 1.807) is 20.8 Å². The number of Topliss-reactive ketones (excluding diaryl/α,β-unsaturated/α-hetero) is 1. The van der Waals surface area contributed by atoms with Gasteiger partial charge in [-0.2, -0.15) is 13.2 Å². The Kier molecular flexibility index (Phi) is 10.5. The molecule has 6 atom stereocenters.